The Morgan fingerprint density at radius 1 is 1.23 bits per heavy atom. The second-order valence-electron chi connectivity index (χ2n) is 8.36. The second kappa shape index (κ2) is 10.7. The largest absolute Gasteiger partial charge is 0.477 e. The number of rotatable bonds is 7. The Hall–Kier alpha value is -2.38. The number of anilines is 1. The molecule has 0 spiro atoms. The van der Waals surface area contributed by atoms with Gasteiger partial charge in [-0.05, 0) is 19.8 Å². The smallest absolute Gasteiger partial charge is 0.348 e. The summed E-state index contributed by atoms with van der Waals surface area (Å²) in [6.45, 7) is 3.46. The van der Waals surface area contributed by atoms with Crippen LogP contribution in [0.3, 0.4) is 0 Å². The molecule has 2 aromatic rings. The number of carbonyl (C=O) groups is 3. The van der Waals surface area contributed by atoms with Crippen molar-refractivity contribution in [2.75, 3.05) is 38.3 Å². The maximum Gasteiger partial charge on any atom is 0.348 e. The minimum absolute atomic E-state index is 0.123. The van der Waals surface area contributed by atoms with E-state index < -0.39 is 23.9 Å². The number of H-pyrrole nitrogens is 1. The lowest BCUT2D eigenvalue weighted by Gasteiger charge is -2.37. The number of piperidine rings is 1. The molecule has 0 aliphatic carbocycles. The Morgan fingerprint density at radius 3 is 2.60 bits per heavy atom. The highest BCUT2D eigenvalue weighted by Gasteiger charge is 2.35. The van der Waals surface area contributed by atoms with Gasteiger partial charge in [0, 0.05) is 32.5 Å². The summed E-state index contributed by atoms with van der Waals surface area (Å²) in [7, 11) is 1.53. The van der Waals surface area contributed by atoms with Gasteiger partial charge in [0.05, 0.1) is 34.8 Å². The first-order valence-electron chi connectivity index (χ1n) is 10.9. The number of carboxylic acids is 1. The van der Waals surface area contributed by atoms with E-state index in [1.807, 2.05) is 4.90 Å². The number of amides is 2. The SMILES string of the molecule is COC1CN(c2nc(C(=O)N[C@@H]3CCOC3)c(C(=O)O)s2)CCC1NC(=O)c1[nH]c(C)c(Cl)c1Cl. The Balaban J connectivity index is 1.46. The molecule has 4 N–H and O–H groups in total. The Morgan fingerprint density at radius 2 is 2.00 bits per heavy atom. The Kier molecular flexibility index (Phi) is 7.86. The van der Waals surface area contributed by atoms with Crippen LogP contribution in [0, 0.1) is 6.92 Å². The molecule has 4 rings (SSSR count). The van der Waals surface area contributed by atoms with Crippen molar-refractivity contribution in [3.63, 3.8) is 0 Å². The van der Waals surface area contributed by atoms with Gasteiger partial charge in [-0.2, -0.15) is 0 Å². The van der Waals surface area contributed by atoms with Gasteiger partial charge in [-0.25, -0.2) is 9.78 Å². The number of aromatic carboxylic acids is 1. The van der Waals surface area contributed by atoms with E-state index in [1.165, 1.54) is 7.11 Å². The van der Waals surface area contributed by atoms with Crippen molar-refractivity contribution in [2.24, 2.45) is 0 Å². The van der Waals surface area contributed by atoms with Gasteiger partial charge >= 0.3 is 5.97 Å². The van der Waals surface area contributed by atoms with Gasteiger partial charge in [0.1, 0.15) is 10.6 Å². The second-order valence-corrected chi connectivity index (χ2v) is 10.1. The van der Waals surface area contributed by atoms with E-state index in [4.69, 9.17) is 32.7 Å². The molecule has 4 heterocycles. The van der Waals surface area contributed by atoms with E-state index in [1.54, 1.807) is 6.92 Å². The van der Waals surface area contributed by atoms with Crippen LogP contribution < -0.4 is 15.5 Å². The van der Waals surface area contributed by atoms with Gasteiger partial charge in [-0.15, -0.1) is 0 Å². The summed E-state index contributed by atoms with van der Waals surface area (Å²) in [5.74, 6) is -2.16. The number of nitrogens with zero attached hydrogens (tertiary/aromatic N) is 2. The third kappa shape index (κ3) is 5.41. The zero-order chi connectivity index (χ0) is 25.3. The van der Waals surface area contributed by atoms with Crippen molar-refractivity contribution in [2.45, 2.75) is 38.0 Å². The van der Waals surface area contributed by atoms with Crippen molar-refractivity contribution in [1.82, 2.24) is 20.6 Å². The number of hydrogen-bond donors (Lipinski definition) is 4. The number of halogens is 2. The third-order valence-corrected chi connectivity index (χ3v) is 8.07. The lowest BCUT2D eigenvalue weighted by Crippen LogP contribution is -2.55. The molecule has 0 bridgehead atoms. The fraction of sp³-hybridized carbons (Fsp3) is 0.524. The molecule has 190 valence electrons. The fourth-order valence-electron chi connectivity index (χ4n) is 4.11. The molecule has 0 radical (unpaired) electrons. The number of nitrogens with one attached hydrogen (secondary N) is 3. The number of hydrogen-bond acceptors (Lipinski definition) is 8. The van der Waals surface area contributed by atoms with E-state index >= 15 is 0 Å². The maximum absolute atomic E-state index is 12.8. The summed E-state index contributed by atoms with van der Waals surface area (Å²) in [5, 5.41) is 16.2. The quantitative estimate of drug-likeness (QED) is 0.414. The van der Waals surface area contributed by atoms with Gasteiger partial charge in [0.15, 0.2) is 10.8 Å². The minimum Gasteiger partial charge on any atom is -0.477 e. The monoisotopic (exact) mass is 545 g/mol. The van der Waals surface area contributed by atoms with Gasteiger partial charge in [0.2, 0.25) is 0 Å². The average Bonchev–Trinajstić information content (AvgIpc) is 3.56. The molecule has 11 nitrogen and oxygen atoms in total. The van der Waals surface area contributed by atoms with Crippen molar-refractivity contribution in [3.05, 3.63) is 32.0 Å². The van der Waals surface area contributed by atoms with Crippen LogP contribution in [0.15, 0.2) is 0 Å². The van der Waals surface area contributed by atoms with Crippen LogP contribution in [-0.4, -0.2) is 84.5 Å². The molecule has 14 heteroatoms. The highest BCUT2D eigenvalue weighted by Crippen LogP contribution is 2.31. The topological polar surface area (TPSA) is 146 Å². The molecule has 2 aliphatic heterocycles. The van der Waals surface area contributed by atoms with Gasteiger partial charge in [-0.3, -0.25) is 9.59 Å². The Bertz CT molecular complexity index is 1130. The highest BCUT2D eigenvalue weighted by molar-refractivity contribution is 7.17. The molecule has 3 atom stereocenters. The molecular weight excluding hydrogens is 521 g/mol. The van der Waals surface area contributed by atoms with Crippen molar-refractivity contribution in [1.29, 1.82) is 0 Å². The van der Waals surface area contributed by atoms with Crippen molar-refractivity contribution < 1.29 is 29.0 Å². The summed E-state index contributed by atoms with van der Waals surface area (Å²) in [6, 6.07) is -0.496. The summed E-state index contributed by atoms with van der Waals surface area (Å²) < 4.78 is 10.9. The zero-order valence-corrected chi connectivity index (χ0v) is 21.4. The number of carboxylic acid groups (broad SMARTS) is 1. The third-order valence-electron chi connectivity index (χ3n) is 6.02. The number of aromatic nitrogens is 2. The summed E-state index contributed by atoms with van der Waals surface area (Å²) in [5.41, 5.74) is 0.654. The van der Waals surface area contributed by atoms with Gasteiger partial charge in [0.25, 0.3) is 11.8 Å². The first-order valence-corrected chi connectivity index (χ1v) is 12.5. The molecule has 2 amide bonds. The van der Waals surface area contributed by atoms with E-state index in [0.29, 0.717) is 55.0 Å². The molecule has 0 saturated carbocycles. The van der Waals surface area contributed by atoms with Crippen LogP contribution in [0.5, 0.6) is 0 Å². The van der Waals surface area contributed by atoms with Gasteiger partial charge in [-0.1, -0.05) is 34.5 Å². The van der Waals surface area contributed by atoms with Crippen LogP contribution >= 0.6 is 34.5 Å². The molecule has 2 saturated heterocycles. The summed E-state index contributed by atoms with van der Waals surface area (Å²) in [6.07, 6.45) is 0.750. The lowest BCUT2D eigenvalue weighted by atomic mass is 10.0. The average molecular weight is 546 g/mol. The standard InChI is InChI=1S/C21H25Cl2N5O6S/c1-9-13(22)14(23)15(24-9)18(29)26-11-3-5-28(7-12(11)33-2)21-27-16(17(35-21)20(31)32)19(30)25-10-4-6-34-8-10/h10-12,24H,3-8H2,1-2H3,(H,25,30)(H,26,29)(H,31,32)/t10-,11?,12?/m1/s1. The predicted octanol–water partition coefficient (Wildman–Crippen LogP) is 2.33. The van der Waals surface area contributed by atoms with Gasteiger partial charge < -0.3 is 35.1 Å². The number of thiazole rings is 1. The number of carbonyl (C=O) groups excluding carboxylic acids is 2. The zero-order valence-electron chi connectivity index (χ0n) is 19.0. The number of ether oxygens (including phenoxy) is 2. The molecule has 2 fully saturated rings. The van der Waals surface area contributed by atoms with Crippen molar-refractivity contribution >= 4 is 57.5 Å². The fourth-order valence-corrected chi connectivity index (χ4v) is 5.46. The first kappa shape index (κ1) is 25.7. The summed E-state index contributed by atoms with van der Waals surface area (Å²) in [4.78, 5) is 46.2. The van der Waals surface area contributed by atoms with Crippen LogP contribution in [0.2, 0.25) is 10.0 Å². The number of aromatic amines is 1. The Labute approximate surface area is 215 Å². The predicted molar refractivity (Wildman–Crippen MR) is 130 cm³/mol. The van der Waals surface area contributed by atoms with Crippen LogP contribution in [0.1, 0.15) is 49.2 Å². The lowest BCUT2D eigenvalue weighted by molar-refractivity contribution is 0.0540. The summed E-state index contributed by atoms with van der Waals surface area (Å²) >= 11 is 13.2. The normalized spacial score (nSPS) is 22.3. The molecule has 2 unspecified atom stereocenters. The van der Waals surface area contributed by atoms with Crippen LogP contribution in [-0.2, 0) is 9.47 Å². The first-order chi connectivity index (χ1) is 16.7. The van der Waals surface area contributed by atoms with E-state index in [-0.39, 0.29) is 33.4 Å². The maximum atomic E-state index is 12.8. The van der Waals surface area contributed by atoms with E-state index in [0.717, 1.165) is 11.3 Å². The molecule has 0 aromatic carbocycles. The van der Waals surface area contributed by atoms with E-state index in [2.05, 4.69) is 20.6 Å². The van der Waals surface area contributed by atoms with Crippen LogP contribution in [0.25, 0.3) is 0 Å². The number of aryl methyl sites for hydroxylation is 1. The molecule has 2 aromatic heterocycles. The van der Waals surface area contributed by atoms with Crippen molar-refractivity contribution in [3.8, 4) is 0 Å². The molecule has 35 heavy (non-hydrogen) atoms. The molecular formula is C21H25Cl2N5O6S. The van der Waals surface area contributed by atoms with E-state index in [9.17, 15) is 19.5 Å². The van der Waals surface area contributed by atoms with Crippen LogP contribution in [0.4, 0.5) is 5.13 Å². The molecule has 2 aliphatic rings. The highest BCUT2D eigenvalue weighted by atomic mass is 35.5. The number of methoxy groups -OCH3 is 1. The minimum atomic E-state index is -1.22.